The Morgan fingerprint density at radius 3 is 2.41 bits per heavy atom. The molecule has 88 valence electrons. The summed E-state index contributed by atoms with van der Waals surface area (Å²) in [6.07, 6.45) is 1.27. The number of hydrogen-bond donors (Lipinski definition) is 1. The van der Waals surface area contributed by atoms with Gasteiger partial charge in [0.25, 0.3) is 0 Å². The minimum Gasteiger partial charge on any atom is -0.388 e. The summed E-state index contributed by atoms with van der Waals surface area (Å²) in [6, 6.07) is 14.2. The van der Waals surface area contributed by atoms with Crippen LogP contribution in [-0.4, -0.2) is 5.11 Å². The first-order chi connectivity index (χ1) is 8.04. The van der Waals surface area contributed by atoms with E-state index in [-0.39, 0.29) is 5.41 Å². The fourth-order valence-electron chi connectivity index (χ4n) is 1.92. The molecular weight excluding hydrogens is 208 g/mol. The highest BCUT2D eigenvalue weighted by molar-refractivity contribution is 5.83. The predicted molar refractivity (Wildman–Crippen MR) is 72.9 cm³/mol. The van der Waals surface area contributed by atoms with Gasteiger partial charge in [-0.3, -0.25) is 0 Å². The normalized spacial score (nSPS) is 13.6. The molecule has 0 fully saturated rings. The lowest BCUT2D eigenvalue weighted by molar-refractivity contribution is 0.0823. The van der Waals surface area contributed by atoms with Crippen LogP contribution in [0.2, 0.25) is 0 Å². The first-order valence-electron chi connectivity index (χ1n) is 5.85. The predicted octanol–water partition coefficient (Wildman–Crippen LogP) is 4.09. The molecule has 1 N–H and O–H groups in total. The monoisotopic (exact) mass is 226 g/mol. The van der Waals surface area contributed by atoms with Gasteiger partial charge in [0.2, 0.25) is 0 Å². The molecule has 17 heavy (non-hydrogen) atoms. The molecule has 1 unspecified atom stereocenters. The van der Waals surface area contributed by atoms with Gasteiger partial charge < -0.3 is 5.11 Å². The molecule has 0 saturated carbocycles. The maximum atomic E-state index is 10.3. The third kappa shape index (κ3) is 2.25. The molecule has 2 rings (SSSR count). The van der Waals surface area contributed by atoms with E-state index in [4.69, 9.17) is 0 Å². The standard InChI is InChI=1S/C16H18O/c1-4-16(2,3)15(17)14-10-9-12-7-5-6-8-13(12)11-14/h4-11,15,17H,1H2,2-3H3. The van der Waals surface area contributed by atoms with E-state index < -0.39 is 6.10 Å². The van der Waals surface area contributed by atoms with Crippen LogP contribution in [0, 0.1) is 5.41 Å². The van der Waals surface area contributed by atoms with Crippen LogP contribution in [-0.2, 0) is 0 Å². The van der Waals surface area contributed by atoms with Crippen molar-refractivity contribution in [2.24, 2.45) is 5.41 Å². The lowest BCUT2D eigenvalue weighted by atomic mass is 9.82. The van der Waals surface area contributed by atoms with E-state index >= 15 is 0 Å². The number of benzene rings is 2. The van der Waals surface area contributed by atoms with E-state index in [1.165, 1.54) is 5.39 Å². The summed E-state index contributed by atoms with van der Waals surface area (Å²) < 4.78 is 0. The molecule has 0 amide bonds. The van der Waals surface area contributed by atoms with Crippen LogP contribution < -0.4 is 0 Å². The summed E-state index contributed by atoms with van der Waals surface area (Å²) in [6.45, 7) is 7.75. The minimum absolute atomic E-state index is 0.317. The second-order valence-corrected chi connectivity index (χ2v) is 5.03. The van der Waals surface area contributed by atoms with Crippen LogP contribution in [0.25, 0.3) is 10.8 Å². The molecule has 0 radical (unpaired) electrons. The molecule has 1 heteroatoms. The van der Waals surface area contributed by atoms with Gasteiger partial charge in [-0.1, -0.05) is 56.3 Å². The molecule has 2 aromatic carbocycles. The second-order valence-electron chi connectivity index (χ2n) is 5.03. The average molecular weight is 226 g/mol. The van der Waals surface area contributed by atoms with Gasteiger partial charge in [0.05, 0.1) is 6.10 Å². The number of rotatable bonds is 3. The van der Waals surface area contributed by atoms with Crippen molar-refractivity contribution in [3.05, 3.63) is 60.7 Å². The fraction of sp³-hybridized carbons (Fsp3) is 0.250. The summed E-state index contributed by atoms with van der Waals surface area (Å²) >= 11 is 0. The lowest BCUT2D eigenvalue weighted by Gasteiger charge is -2.27. The van der Waals surface area contributed by atoms with Crippen LogP contribution in [0.15, 0.2) is 55.1 Å². The molecule has 0 bridgehead atoms. The van der Waals surface area contributed by atoms with E-state index in [0.717, 1.165) is 10.9 Å². The van der Waals surface area contributed by atoms with Gasteiger partial charge in [-0.05, 0) is 22.4 Å². The van der Waals surface area contributed by atoms with Crippen LogP contribution in [0.5, 0.6) is 0 Å². The third-order valence-electron chi connectivity index (χ3n) is 3.32. The SMILES string of the molecule is C=CC(C)(C)C(O)c1ccc2ccccc2c1. The number of hydrogen-bond acceptors (Lipinski definition) is 1. The Morgan fingerprint density at radius 2 is 1.76 bits per heavy atom. The zero-order chi connectivity index (χ0) is 12.5. The Balaban J connectivity index is 2.46. The zero-order valence-corrected chi connectivity index (χ0v) is 10.4. The Morgan fingerprint density at radius 1 is 1.12 bits per heavy atom. The van der Waals surface area contributed by atoms with Crippen molar-refractivity contribution in [3.63, 3.8) is 0 Å². The first kappa shape index (κ1) is 11.9. The molecule has 0 saturated heterocycles. The maximum absolute atomic E-state index is 10.3. The first-order valence-corrected chi connectivity index (χ1v) is 5.85. The summed E-state index contributed by atoms with van der Waals surface area (Å²) in [4.78, 5) is 0. The van der Waals surface area contributed by atoms with Crippen molar-refractivity contribution >= 4 is 10.8 Å². The van der Waals surface area contributed by atoms with E-state index in [1.54, 1.807) is 6.08 Å². The van der Waals surface area contributed by atoms with Crippen molar-refractivity contribution in [1.82, 2.24) is 0 Å². The number of fused-ring (bicyclic) bond motifs is 1. The third-order valence-corrected chi connectivity index (χ3v) is 3.32. The second kappa shape index (κ2) is 4.34. The minimum atomic E-state index is -0.524. The Hall–Kier alpha value is -1.60. The molecule has 0 aromatic heterocycles. The maximum Gasteiger partial charge on any atom is 0.0875 e. The van der Waals surface area contributed by atoms with Crippen molar-refractivity contribution < 1.29 is 5.11 Å². The molecular formula is C16H18O. The Bertz CT molecular complexity index is 540. The highest BCUT2D eigenvalue weighted by atomic mass is 16.3. The Kier molecular flexibility index (Phi) is 3.03. The molecule has 2 aromatic rings. The molecule has 0 aliphatic heterocycles. The number of aliphatic hydroxyl groups excluding tert-OH is 1. The molecule has 1 nitrogen and oxygen atoms in total. The smallest absolute Gasteiger partial charge is 0.0875 e. The van der Waals surface area contributed by atoms with E-state index in [9.17, 15) is 5.11 Å². The average Bonchev–Trinajstić information content (AvgIpc) is 2.37. The summed E-state index contributed by atoms with van der Waals surface area (Å²) in [5.41, 5.74) is 0.622. The zero-order valence-electron chi connectivity index (χ0n) is 10.4. The van der Waals surface area contributed by atoms with Gasteiger partial charge in [-0.2, -0.15) is 0 Å². The van der Waals surface area contributed by atoms with Gasteiger partial charge >= 0.3 is 0 Å². The van der Waals surface area contributed by atoms with Crippen molar-refractivity contribution in [3.8, 4) is 0 Å². The molecule has 0 heterocycles. The molecule has 1 atom stereocenters. The summed E-state index contributed by atoms with van der Waals surface area (Å²) in [5, 5.41) is 12.7. The summed E-state index contributed by atoms with van der Waals surface area (Å²) in [7, 11) is 0. The molecule has 0 aliphatic rings. The van der Waals surface area contributed by atoms with Gasteiger partial charge in [0, 0.05) is 5.41 Å². The summed E-state index contributed by atoms with van der Waals surface area (Å²) in [5.74, 6) is 0. The van der Waals surface area contributed by atoms with Crippen molar-refractivity contribution in [1.29, 1.82) is 0 Å². The van der Waals surface area contributed by atoms with Gasteiger partial charge in [-0.25, -0.2) is 0 Å². The number of aliphatic hydroxyl groups is 1. The van der Waals surface area contributed by atoms with Crippen molar-refractivity contribution in [2.45, 2.75) is 20.0 Å². The fourth-order valence-corrected chi connectivity index (χ4v) is 1.92. The van der Waals surface area contributed by atoms with Gasteiger partial charge in [0.1, 0.15) is 0 Å². The Labute approximate surface area is 102 Å². The molecule has 0 spiro atoms. The largest absolute Gasteiger partial charge is 0.388 e. The van der Waals surface area contributed by atoms with E-state index in [0.29, 0.717) is 0 Å². The van der Waals surface area contributed by atoms with Crippen LogP contribution in [0.3, 0.4) is 0 Å². The van der Waals surface area contributed by atoms with Crippen molar-refractivity contribution in [2.75, 3.05) is 0 Å². The topological polar surface area (TPSA) is 20.2 Å². The lowest BCUT2D eigenvalue weighted by Crippen LogP contribution is -2.18. The quantitative estimate of drug-likeness (QED) is 0.782. The van der Waals surface area contributed by atoms with E-state index in [2.05, 4.69) is 18.7 Å². The van der Waals surface area contributed by atoms with E-state index in [1.807, 2.05) is 44.2 Å². The van der Waals surface area contributed by atoms with Crippen LogP contribution in [0.4, 0.5) is 0 Å². The highest BCUT2D eigenvalue weighted by Crippen LogP contribution is 2.35. The van der Waals surface area contributed by atoms with Gasteiger partial charge in [-0.15, -0.1) is 6.58 Å². The molecule has 0 aliphatic carbocycles. The van der Waals surface area contributed by atoms with Crippen LogP contribution in [0.1, 0.15) is 25.5 Å². The van der Waals surface area contributed by atoms with Crippen LogP contribution >= 0.6 is 0 Å². The van der Waals surface area contributed by atoms with Gasteiger partial charge in [0.15, 0.2) is 0 Å². The highest BCUT2D eigenvalue weighted by Gasteiger charge is 2.25.